The van der Waals surface area contributed by atoms with Crippen LogP contribution >= 0.6 is 0 Å². The van der Waals surface area contributed by atoms with Gasteiger partial charge in [-0.3, -0.25) is 14.3 Å². The standard InChI is InChI=1S/C23H25NO5S/c1-4-29-23(26)22-20(19-11-6-5-8-15(19)2)13-17(14-21(22)25)16-9-7-10-18(12-16)24-30(3,27)28/h5-12,14,20,22,24H,4,13H2,1-3H3/t20-,22+/m0/s1. The predicted molar refractivity (Wildman–Crippen MR) is 117 cm³/mol. The van der Waals surface area contributed by atoms with E-state index in [0.717, 1.165) is 28.5 Å². The molecule has 0 radical (unpaired) electrons. The van der Waals surface area contributed by atoms with Crippen molar-refractivity contribution in [1.82, 2.24) is 0 Å². The molecule has 0 fully saturated rings. The summed E-state index contributed by atoms with van der Waals surface area (Å²) in [6.07, 6.45) is 3.03. The number of sulfonamides is 1. The fourth-order valence-electron chi connectivity index (χ4n) is 3.88. The molecule has 0 aliphatic heterocycles. The Bertz CT molecular complexity index is 1100. The molecule has 3 rings (SSSR count). The van der Waals surface area contributed by atoms with E-state index in [2.05, 4.69) is 4.72 Å². The van der Waals surface area contributed by atoms with Crippen LogP contribution in [0.5, 0.6) is 0 Å². The quantitative estimate of drug-likeness (QED) is 0.561. The first kappa shape index (κ1) is 21.8. The van der Waals surface area contributed by atoms with Crippen molar-refractivity contribution in [2.45, 2.75) is 26.2 Å². The van der Waals surface area contributed by atoms with Crippen molar-refractivity contribution in [3.8, 4) is 0 Å². The van der Waals surface area contributed by atoms with E-state index in [4.69, 9.17) is 4.74 Å². The fraction of sp³-hybridized carbons (Fsp3) is 0.304. The van der Waals surface area contributed by atoms with Crippen molar-refractivity contribution in [3.63, 3.8) is 0 Å². The van der Waals surface area contributed by atoms with Gasteiger partial charge in [0.2, 0.25) is 10.0 Å². The smallest absolute Gasteiger partial charge is 0.317 e. The van der Waals surface area contributed by atoms with Crippen LogP contribution in [-0.2, 0) is 24.3 Å². The van der Waals surface area contributed by atoms with E-state index in [-0.39, 0.29) is 18.3 Å². The van der Waals surface area contributed by atoms with E-state index in [9.17, 15) is 18.0 Å². The molecule has 0 heterocycles. The van der Waals surface area contributed by atoms with E-state index in [1.807, 2.05) is 37.3 Å². The lowest BCUT2D eigenvalue weighted by Crippen LogP contribution is -2.34. The molecular weight excluding hydrogens is 402 g/mol. The summed E-state index contributed by atoms with van der Waals surface area (Å²) in [6.45, 7) is 3.88. The molecule has 0 saturated carbocycles. The van der Waals surface area contributed by atoms with Gasteiger partial charge in [-0.15, -0.1) is 0 Å². The molecule has 30 heavy (non-hydrogen) atoms. The minimum absolute atomic E-state index is 0.207. The average Bonchev–Trinajstić information content (AvgIpc) is 2.66. The third-order valence-electron chi connectivity index (χ3n) is 5.13. The van der Waals surface area contributed by atoms with Gasteiger partial charge in [-0.2, -0.15) is 0 Å². The number of aryl methyl sites for hydroxylation is 1. The summed E-state index contributed by atoms with van der Waals surface area (Å²) in [5.41, 5.74) is 3.84. The molecule has 6 nitrogen and oxygen atoms in total. The van der Waals surface area contributed by atoms with Crippen LogP contribution in [0.25, 0.3) is 5.57 Å². The van der Waals surface area contributed by atoms with Gasteiger partial charge in [0, 0.05) is 11.6 Å². The average molecular weight is 428 g/mol. The van der Waals surface area contributed by atoms with Crippen molar-refractivity contribution in [2.24, 2.45) is 5.92 Å². The van der Waals surface area contributed by atoms with Crippen molar-refractivity contribution < 1.29 is 22.7 Å². The van der Waals surface area contributed by atoms with E-state index in [0.29, 0.717) is 12.1 Å². The Morgan fingerprint density at radius 2 is 1.90 bits per heavy atom. The minimum Gasteiger partial charge on any atom is -0.465 e. The highest BCUT2D eigenvalue weighted by Gasteiger charge is 2.40. The molecule has 0 amide bonds. The summed E-state index contributed by atoms with van der Waals surface area (Å²) in [6, 6.07) is 14.6. The van der Waals surface area contributed by atoms with Crippen LogP contribution < -0.4 is 4.72 Å². The fourth-order valence-corrected chi connectivity index (χ4v) is 4.43. The highest BCUT2D eigenvalue weighted by atomic mass is 32.2. The van der Waals surface area contributed by atoms with Crippen LogP contribution in [0.3, 0.4) is 0 Å². The Morgan fingerprint density at radius 3 is 2.57 bits per heavy atom. The highest BCUT2D eigenvalue weighted by Crippen LogP contribution is 2.41. The number of ether oxygens (including phenoxy) is 1. The van der Waals surface area contributed by atoms with Crippen molar-refractivity contribution >= 4 is 33.0 Å². The van der Waals surface area contributed by atoms with Gasteiger partial charge in [-0.25, -0.2) is 8.42 Å². The number of hydrogen-bond donors (Lipinski definition) is 1. The van der Waals surface area contributed by atoms with Gasteiger partial charge in [0.05, 0.1) is 12.9 Å². The van der Waals surface area contributed by atoms with Crippen LogP contribution in [0.4, 0.5) is 5.69 Å². The number of benzene rings is 2. The topological polar surface area (TPSA) is 89.5 Å². The maximum atomic E-state index is 13.0. The Kier molecular flexibility index (Phi) is 6.41. The summed E-state index contributed by atoms with van der Waals surface area (Å²) in [5.74, 6) is -2.07. The van der Waals surface area contributed by atoms with Gasteiger partial charge < -0.3 is 4.74 Å². The molecule has 2 aromatic carbocycles. The Morgan fingerprint density at radius 1 is 1.17 bits per heavy atom. The molecule has 0 bridgehead atoms. The van der Waals surface area contributed by atoms with Gasteiger partial charge in [0.15, 0.2) is 5.78 Å². The predicted octanol–water partition coefficient (Wildman–Crippen LogP) is 3.69. The van der Waals surface area contributed by atoms with Gasteiger partial charge in [-0.05, 0) is 60.7 Å². The summed E-state index contributed by atoms with van der Waals surface area (Å²) < 4.78 is 30.8. The zero-order valence-electron chi connectivity index (χ0n) is 17.2. The SMILES string of the molecule is CCOC(=O)[C@H]1C(=O)C=C(c2cccc(NS(C)(=O)=O)c2)C[C@H]1c1ccccc1C. The number of nitrogens with one attached hydrogen (secondary N) is 1. The van der Waals surface area contributed by atoms with Crippen molar-refractivity contribution in [2.75, 3.05) is 17.6 Å². The van der Waals surface area contributed by atoms with Gasteiger partial charge in [-0.1, -0.05) is 36.4 Å². The molecule has 158 valence electrons. The first-order valence-corrected chi connectivity index (χ1v) is 11.6. The molecule has 0 spiro atoms. The lowest BCUT2D eigenvalue weighted by atomic mass is 9.72. The summed E-state index contributed by atoms with van der Waals surface area (Å²) in [5, 5.41) is 0. The second-order valence-electron chi connectivity index (χ2n) is 7.42. The van der Waals surface area contributed by atoms with Crippen LogP contribution in [0.15, 0.2) is 54.6 Å². The van der Waals surface area contributed by atoms with Gasteiger partial charge >= 0.3 is 5.97 Å². The van der Waals surface area contributed by atoms with Gasteiger partial charge in [0.1, 0.15) is 5.92 Å². The van der Waals surface area contributed by atoms with E-state index >= 15 is 0 Å². The van der Waals surface area contributed by atoms with Crippen LogP contribution in [0, 0.1) is 12.8 Å². The first-order valence-electron chi connectivity index (χ1n) is 9.74. The normalized spacial score (nSPS) is 19.2. The number of rotatable bonds is 6. The molecule has 1 aliphatic carbocycles. The molecule has 0 aromatic heterocycles. The van der Waals surface area contributed by atoms with E-state index < -0.39 is 21.9 Å². The maximum Gasteiger partial charge on any atom is 0.317 e. The summed E-state index contributed by atoms with van der Waals surface area (Å²) in [4.78, 5) is 25.6. The zero-order valence-corrected chi connectivity index (χ0v) is 18.0. The lowest BCUT2D eigenvalue weighted by Gasteiger charge is -2.30. The third kappa shape index (κ3) is 4.97. The summed E-state index contributed by atoms with van der Waals surface area (Å²) >= 11 is 0. The lowest BCUT2D eigenvalue weighted by molar-refractivity contribution is -0.151. The first-order chi connectivity index (χ1) is 14.2. The number of carbonyl (C=O) groups is 2. The second kappa shape index (κ2) is 8.83. The van der Waals surface area contributed by atoms with Crippen LogP contribution in [-0.4, -0.2) is 33.0 Å². The number of hydrogen-bond acceptors (Lipinski definition) is 5. The molecule has 7 heteroatoms. The Hall–Kier alpha value is -2.93. The minimum atomic E-state index is -3.42. The monoisotopic (exact) mass is 427 g/mol. The maximum absolute atomic E-state index is 13.0. The number of carbonyl (C=O) groups excluding carboxylic acids is 2. The molecule has 0 saturated heterocycles. The third-order valence-corrected chi connectivity index (χ3v) is 5.74. The number of ketones is 1. The number of esters is 1. The largest absolute Gasteiger partial charge is 0.465 e. The zero-order chi connectivity index (χ0) is 21.9. The number of allylic oxidation sites excluding steroid dienone is 2. The molecule has 2 atom stereocenters. The molecule has 0 unspecified atom stereocenters. The molecule has 2 aromatic rings. The van der Waals surface area contributed by atoms with Crippen LogP contribution in [0.2, 0.25) is 0 Å². The molecule has 1 aliphatic rings. The number of anilines is 1. The van der Waals surface area contributed by atoms with Crippen molar-refractivity contribution in [1.29, 1.82) is 0 Å². The Balaban J connectivity index is 2.03. The van der Waals surface area contributed by atoms with Crippen molar-refractivity contribution in [3.05, 3.63) is 71.3 Å². The molecular formula is C23H25NO5S. The Labute approximate surface area is 177 Å². The van der Waals surface area contributed by atoms with Crippen LogP contribution in [0.1, 0.15) is 36.0 Å². The van der Waals surface area contributed by atoms with E-state index in [1.54, 1.807) is 25.1 Å². The summed E-state index contributed by atoms with van der Waals surface area (Å²) in [7, 11) is -3.42. The highest BCUT2D eigenvalue weighted by molar-refractivity contribution is 7.92. The molecule has 1 N–H and O–H groups in total. The second-order valence-corrected chi connectivity index (χ2v) is 9.17. The van der Waals surface area contributed by atoms with Gasteiger partial charge in [0.25, 0.3) is 0 Å². The van der Waals surface area contributed by atoms with E-state index in [1.165, 1.54) is 6.08 Å².